The average Bonchev–Trinajstić information content (AvgIpc) is 3.52. The molecule has 1 atom stereocenters. The van der Waals surface area contributed by atoms with Crippen molar-refractivity contribution in [2.24, 2.45) is 0 Å². The number of carbonyl (C=O) groups excluding carboxylic acids is 1. The van der Waals surface area contributed by atoms with Crippen molar-refractivity contribution in [3.63, 3.8) is 0 Å². The van der Waals surface area contributed by atoms with Crippen molar-refractivity contribution in [2.75, 3.05) is 12.3 Å². The first kappa shape index (κ1) is 19.7. The fourth-order valence-corrected chi connectivity index (χ4v) is 6.61. The van der Waals surface area contributed by atoms with Crippen molar-refractivity contribution < 1.29 is 9.18 Å². The molecule has 1 saturated heterocycles. The van der Waals surface area contributed by atoms with Gasteiger partial charge in [0.2, 0.25) is 5.91 Å². The number of halogens is 1. The SMILES string of the molecule is O=C(CSc1ncnc2scc(-c3ccc(F)cc3)c12)N1CCCC1c1cccs1. The Labute approximate surface area is 185 Å². The van der Waals surface area contributed by atoms with Crippen LogP contribution in [-0.2, 0) is 4.79 Å². The highest BCUT2D eigenvalue weighted by Gasteiger charge is 2.30. The Morgan fingerprint density at radius 3 is 2.87 bits per heavy atom. The van der Waals surface area contributed by atoms with Gasteiger partial charge in [-0.2, -0.15) is 0 Å². The van der Waals surface area contributed by atoms with E-state index in [4.69, 9.17) is 0 Å². The van der Waals surface area contributed by atoms with Crippen LogP contribution in [0.3, 0.4) is 0 Å². The molecule has 1 amide bonds. The first-order valence-electron chi connectivity index (χ1n) is 9.64. The van der Waals surface area contributed by atoms with Crippen molar-refractivity contribution in [3.05, 3.63) is 64.2 Å². The van der Waals surface area contributed by atoms with Crippen LogP contribution < -0.4 is 0 Å². The number of thiophene rings is 2. The lowest BCUT2D eigenvalue weighted by atomic mass is 10.1. The average molecular weight is 456 g/mol. The van der Waals surface area contributed by atoms with Crippen molar-refractivity contribution in [1.82, 2.24) is 14.9 Å². The number of thioether (sulfide) groups is 1. The monoisotopic (exact) mass is 455 g/mol. The lowest BCUT2D eigenvalue weighted by molar-refractivity contribution is -0.129. The number of hydrogen-bond acceptors (Lipinski definition) is 6. The second-order valence-corrected chi connectivity index (χ2v) is 9.87. The van der Waals surface area contributed by atoms with Gasteiger partial charge in [-0.3, -0.25) is 4.79 Å². The van der Waals surface area contributed by atoms with E-state index < -0.39 is 0 Å². The molecular weight excluding hydrogens is 437 g/mol. The van der Waals surface area contributed by atoms with Crippen LogP contribution in [0.5, 0.6) is 0 Å². The van der Waals surface area contributed by atoms with Crippen LogP contribution in [-0.4, -0.2) is 33.1 Å². The van der Waals surface area contributed by atoms with E-state index in [1.54, 1.807) is 29.8 Å². The maximum atomic E-state index is 13.3. The van der Waals surface area contributed by atoms with Gasteiger partial charge in [-0.25, -0.2) is 14.4 Å². The summed E-state index contributed by atoms with van der Waals surface area (Å²) in [5.41, 5.74) is 1.89. The van der Waals surface area contributed by atoms with Gasteiger partial charge in [0.1, 0.15) is 22.0 Å². The Hall–Kier alpha value is -2.29. The number of hydrogen-bond donors (Lipinski definition) is 0. The van der Waals surface area contributed by atoms with Crippen LogP contribution in [0.1, 0.15) is 23.8 Å². The molecule has 1 aliphatic rings. The molecule has 0 spiro atoms. The standard InChI is InChI=1S/C22H18FN3OS3/c23-15-7-5-14(6-8-15)16-11-29-21-20(16)22(25-13-24-21)30-12-19(27)26-9-1-3-17(26)18-4-2-10-28-18/h2,4-8,10-11,13,17H,1,3,9,12H2. The third-order valence-corrected chi connectivity index (χ3v) is 8.10. The molecule has 4 nitrogen and oxygen atoms in total. The van der Waals surface area contributed by atoms with Gasteiger partial charge < -0.3 is 4.90 Å². The van der Waals surface area contributed by atoms with E-state index in [1.807, 2.05) is 16.3 Å². The molecule has 30 heavy (non-hydrogen) atoms. The van der Waals surface area contributed by atoms with E-state index in [1.165, 1.54) is 40.1 Å². The molecule has 0 saturated carbocycles. The highest BCUT2D eigenvalue weighted by Crippen LogP contribution is 2.39. The second-order valence-electron chi connectivity index (χ2n) is 7.06. The first-order valence-corrected chi connectivity index (χ1v) is 12.4. The third kappa shape index (κ3) is 3.75. The summed E-state index contributed by atoms with van der Waals surface area (Å²) in [6, 6.07) is 10.8. The molecular formula is C22H18FN3OS3. The van der Waals surface area contributed by atoms with Gasteiger partial charge in [-0.1, -0.05) is 30.0 Å². The summed E-state index contributed by atoms with van der Waals surface area (Å²) in [4.78, 5) is 26.0. The molecule has 1 fully saturated rings. The molecule has 1 unspecified atom stereocenters. The largest absolute Gasteiger partial charge is 0.334 e. The number of amides is 1. The fraction of sp³-hybridized carbons (Fsp3) is 0.227. The van der Waals surface area contributed by atoms with E-state index in [2.05, 4.69) is 21.4 Å². The van der Waals surface area contributed by atoms with Gasteiger partial charge in [-0.05, 0) is 42.0 Å². The zero-order valence-corrected chi connectivity index (χ0v) is 18.4. The van der Waals surface area contributed by atoms with Crippen LogP contribution >= 0.6 is 34.4 Å². The quantitative estimate of drug-likeness (QED) is 0.273. The number of fused-ring (bicyclic) bond motifs is 1. The van der Waals surface area contributed by atoms with E-state index in [-0.39, 0.29) is 17.8 Å². The minimum Gasteiger partial charge on any atom is -0.334 e. The minimum absolute atomic E-state index is 0.140. The summed E-state index contributed by atoms with van der Waals surface area (Å²) in [6.45, 7) is 0.806. The smallest absolute Gasteiger partial charge is 0.233 e. The van der Waals surface area contributed by atoms with Gasteiger partial charge in [-0.15, -0.1) is 22.7 Å². The van der Waals surface area contributed by atoms with Crippen LogP contribution in [0.25, 0.3) is 21.3 Å². The lowest BCUT2D eigenvalue weighted by Gasteiger charge is -2.23. The molecule has 1 aliphatic heterocycles. The van der Waals surface area contributed by atoms with Gasteiger partial charge in [0.15, 0.2) is 0 Å². The summed E-state index contributed by atoms with van der Waals surface area (Å²) >= 11 is 4.70. The molecule has 4 aromatic rings. The Morgan fingerprint density at radius 1 is 1.20 bits per heavy atom. The number of nitrogens with zero attached hydrogens (tertiary/aromatic N) is 3. The minimum atomic E-state index is -0.263. The maximum absolute atomic E-state index is 13.3. The summed E-state index contributed by atoms with van der Waals surface area (Å²) in [5.74, 6) is 0.217. The zero-order chi connectivity index (χ0) is 20.5. The van der Waals surface area contributed by atoms with Gasteiger partial charge >= 0.3 is 0 Å². The summed E-state index contributed by atoms with van der Waals surface area (Å²) < 4.78 is 13.3. The Kier molecular flexibility index (Phi) is 5.54. The Bertz CT molecular complexity index is 1170. The molecule has 8 heteroatoms. The van der Waals surface area contributed by atoms with Crippen molar-refractivity contribution in [3.8, 4) is 11.1 Å². The summed E-state index contributed by atoms with van der Waals surface area (Å²) in [5, 5.41) is 5.81. The predicted octanol–water partition coefficient (Wildman–Crippen LogP) is 6.01. The fourth-order valence-electron chi connectivity index (χ4n) is 3.85. The number of rotatable bonds is 5. The molecule has 0 aliphatic carbocycles. The van der Waals surface area contributed by atoms with Gasteiger partial charge in [0.25, 0.3) is 0 Å². The first-order chi connectivity index (χ1) is 14.7. The predicted molar refractivity (Wildman–Crippen MR) is 122 cm³/mol. The zero-order valence-electron chi connectivity index (χ0n) is 16.0. The van der Waals surface area contributed by atoms with E-state index >= 15 is 0 Å². The van der Waals surface area contributed by atoms with E-state index in [0.717, 1.165) is 45.8 Å². The van der Waals surface area contributed by atoms with Gasteiger partial charge in [0.05, 0.1) is 17.2 Å². The number of likely N-dealkylation sites (tertiary alicyclic amines) is 1. The number of aromatic nitrogens is 2. The van der Waals surface area contributed by atoms with E-state index in [9.17, 15) is 9.18 Å². The molecule has 3 aromatic heterocycles. The Morgan fingerprint density at radius 2 is 2.07 bits per heavy atom. The van der Waals surface area contributed by atoms with Crippen LogP contribution in [0, 0.1) is 5.82 Å². The van der Waals surface area contributed by atoms with Crippen molar-refractivity contribution in [2.45, 2.75) is 23.9 Å². The van der Waals surface area contributed by atoms with Crippen LogP contribution in [0.15, 0.2) is 58.5 Å². The molecule has 4 heterocycles. The lowest BCUT2D eigenvalue weighted by Crippen LogP contribution is -2.31. The number of benzene rings is 1. The third-order valence-electron chi connectivity index (χ3n) is 5.27. The van der Waals surface area contributed by atoms with Crippen LogP contribution in [0.2, 0.25) is 0 Å². The highest BCUT2D eigenvalue weighted by atomic mass is 32.2. The normalized spacial score (nSPS) is 16.4. The van der Waals surface area contributed by atoms with E-state index in [0.29, 0.717) is 5.75 Å². The molecule has 5 rings (SSSR count). The number of carbonyl (C=O) groups is 1. The maximum Gasteiger partial charge on any atom is 0.233 e. The molecule has 0 N–H and O–H groups in total. The highest BCUT2D eigenvalue weighted by molar-refractivity contribution is 8.00. The Balaban J connectivity index is 1.38. The topological polar surface area (TPSA) is 46.1 Å². The molecule has 152 valence electrons. The van der Waals surface area contributed by atoms with Gasteiger partial charge in [0, 0.05) is 22.4 Å². The summed E-state index contributed by atoms with van der Waals surface area (Å²) in [7, 11) is 0. The molecule has 1 aromatic carbocycles. The molecule has 0 bridgehead atoms. The summed E-state index contributed by atoms with van der Waals surface area (Å²) in [6.07, 6.45) is 3.61. The van der Waals surface area contributed by atoms with Crippen LogP contribution in [0.4, 0.5) is 4.39 Å². The molecule has 0 radical (unpaired) electrons. The van der Waals surface area contributed by atoms with Crippen molar-refractivity contribution >= 4 is 50.6 Å². The second kappa shape index (κ2) is 8.45. The van der Waals surface area contributed by atoms with Crippen molar-refractivity contribution in [1.29, 1.82) is 0 Å².